The minimum absolute atomic E-state index is 0. The van der Waals surface area contributed by atoms with E-state index in [1.807, 2.05) is 18.3 Å². The first-order valence-corrected chi connectivity index (χ1v) is 16.0. The number of fused-ring (bicyclic) bond motifs is 5. The van der Waals surface area contributed by atoms with Crippen LogP contribution in [0.25, 0.3) is 0 Å². The molecule has 0 N–H and O–H groups in total. The first-order valence-electron chi connectivity index (χ1n) is 15.2. The molecular formula is C38H33N3O2PtS. The molecule has 3 heterocycles. The van der Waals surface area contributed by atoms with Crippen molar-refractivity contribution in [3.63, 3.8) is 0 Å². The van der Waals surface area contributed by atoms with Crippen LogP contribution in [-0.2, 0) is 31.2 Å². The molecule has 3 aromatic carbocycles. The number of aryl methyl sites for hydroxylation is 1. The number of aromatic nitrogens is 1. The summed E-state index contributed by atoms with van der Waals surface area (Å²) in [7, 11) is 0. The maximum Gasteiger partial charge on any atom is 2.00 e. The largest absolute Gasteiger partial charge is 2.00 e. The Labute approximate surface area is 283 Å². The van der Waals surface area contributed by atoms with Crippen molar-refractivity contribution in [2.45, 2.75) is 61.5 Å². The molecule has 1 aromatic heterocycles. The van der Waals surface area contributed by atoms with Crippen molar-refractivity contribution in [3.05, 3.63) is 120 Å². The first-order chi connectivity index (χ1) is 21.3. The quantitative estimate of drug-likeness (QED) is 0.170. The van der Waals surface area contributed by atoms with Crippen LogP contribution in [0, 0.1) is 30.9 Å². The topological polar surface area (TPSA) is 47.0 Å². The minimum Gasteiger partial charge on any atom is -0.515 e. The maximum atomic E-state index is 6.46. The molecule has 228 valence electrons. The number of hydrogen-bond acceptors (Lipinski definition) is 6. The third-order valence-corrected chi connectivity index (χ3v) is 9.91. The molecule has 0 saturated heterocycles. The summed E-state index contributed by atoms with van der Waals surface area (Å²) in [5.41, 5.74) is 5.10. The van der Waals surface area contributed by atoms with Crippen molar-refractivity contribution in [3.8, 4) is 11.5 Å². The summed E-state index contributed by atoms with van der Waals surface area (Å²) in [4.78, 5) is 14.3. The standard InChI is InChI=1S/C38H33N3O2S.Pt/c1-23-17-25(37-40-36-29-10-6-5-9-24(29)20-32(36)43-37)19-28(18-23)42-27-13-14-34-31(22-27)41(30-11-7-8-12-33(30)44-34)35-21-26(15-16-39-35)38(2,3)4;/h5-18,21,24,29,32,36H,20H2,1-4H3;/q-2;+2/t24?,29?,32-,36+;/m0./s1. The molecule has 4 aromatic rings. The van der Waals surface area contributed by atoms with Gasteiger partial charge in [-0.3, -0.25) is 4.99 Å². The molecule has 1 saturated carbocycles. The van der Waals surface area contributed by atoms with Crippen LogP contribution in [0.4, 0.5) is 17.2 Å². The molecule has 0 radical (unpaired) electrons. The summed E-state index contributed by atoms with van der Waals surface area (Å²) in [6.45, 7) is 8.73. The van der Waals surface area contributed by atoms with Crippen LogP contribution in [-0.4, -0.2) is 23.0 Å². The average molecular weight is 791 g/mol. The summed E-state index contributed by atoms with van der Waals surface area (Å²) >= 11 is 1.74. The Balaban J connectivity index is 0.00000325. The average Bonchev–Trinajstić information content (AvgIpc) is 3.58. The van der Waals surface area contributed by atoms with Gasteiger partial charge in [-0.25, -0.2) is 4.98 Å². The van der Waals surface area contributed by atoms with E-state index in [1.165, 1.54) is 10.5 Å². The van der Waals surface area contributed by atoms with Gasteiger partial charge in [-0.1, -0.05) is 86.7 Å². The minimum atomic E-state index is -0.00416. The van der Waals surface area contributed by atoms with Crippen LogP contribution >= 0.6 is 11.8 Å². The SMILES string of the molecule is Cc1cc(Oc2[c-]c3c(cc2)Sc2ccccc2N3c2cc(C(C)(C)C)ccn2)[c-]c(C2=N[C@@H]3C4C=CC=CC4C[C@@H]3O2)c1.[Pt+2]. The number of anilines is 3. The van der Waals surface area contributed by atoms with E-state index in [9.17, 15) is 0 Å². The molecule has 4 atom stereocenters. The fourth-order valence-electron chi connectivity index (χ4n) is 6.60. The second kappa shape index (κ2) is 11.6. The van der Waals surface area contributed by atoms with E-state index in [0.29, 0.717) is 29.2 Å². The van der Waals surface area contributed by atoms with Crippen molar-refractivity contribution in [2.24, 2.45) is 16.8 Å². The van der Waals surface area contributed by atoms with Gasteiger partial charge in [0.25, 0.3) is 0 Å². The van der Waals surface area contributed by atoms with Gasteiger partial charge in [-0.05, 0) is 53.3 Å². The maximum absolute atomic E-state index is 6.46. The summed E-state index contributed by atoms with van der Waals surface area (Å²) in [5, 5.41) is 0. The number of rotatable bonds is 4. The summed E-state index contributed by atoms with van der Waals surface area (Å²) in [6.07, 6.45) is 11.8. The first kappa shape index (κ1) is 30.1. The van der Waals surface area contributed by atoms with E-state index in [2.05, 4.69) is 118 Å². The van der Waals surface area contributed by atoms with Crippen LogP contribution < -0.4 is 9.64 Å². The number of hydrogen-bond donors (Lipinski definition) is 0. The van der Waals surface area contributed by atoms with E-state index in [4.69, 9.17) is 19.5 Å². The molecule has 2 aliphatic carbocycles. The third kappa shape index (κ3) is 5.57. The Morgan fingerprint density at radius 2 is 1.80 bits per heavy atom. The zero-order chi connectivity index (χ0) is 30.0. The van der Waals surface area contributed by atoms with Crippen molar-refractivity contribution in [2.75, 3.05) is 4.90 Å². The van der Waals surface area contributed by atoms with Gasteiger partial charge in [0, 0.05) is 28.5 Å². The number of para-hydroxylation sites is 1. The number of ether oxygens (including phenoxy) is 2. The van der Waals surface area contributed by atoms with Crippen LogP contribution in [0.15, 0.2) is 106 Å². The molecule has 0 bridgehead atoms. The van der Waals surface area contributed by atoms with Gasteiger partial charge < -0.3 is 14.4 Å². The van der Waals surface area contributed by atoms with Gasteiger partial charge in [0.2, 0.25) is 0 Å². The molecule has 5 nitrogen and oxygen atoms in total. The summed E-state index contributed by atoms with van der Waals surface area (Å²) in [5.74, 6) is 3.65. The Morgan fingerprint density at radius 3 is 2.67 bits per heavy atom. The second-order valence-electron chi connectivity index (χ2n) is 13.0. The summed E-state index contributed by atoms with van der Waals surface area (Å²) in [6, 6.07) is 28.0. The van der Waals surface area contributed by atoms with Crippen molar-refractivity contribution in [1.82, 2.24) is 4.98 Å². The van der Waals surface area contributed by atoms with Crippen LogP contribution in [0.2, 0.25) is 0 Å². The molecule has 8 rings (SSSR count). The number of benzene rings is 3. The Bertz CT molecular complexity index is 1880. The zero-order valence-electron chi connectivity index (χ0n) is 25.6. The summed E-state index contributed by atoms with van der Waals surface area (Å²) < 4.78 is 12.9. The molecule has 0 amide bonds. The Morgan fingerprint density at radius 1 is 0.956 bits per heavy atom. The molecule has 2 aliphatic heterocycles. The third-order valence-electron chi connectivity index (χ3n) is 8.80. The number of nitrogens with zero attached hydrogens (tertiary/aromatic N) is 3. The van der Waals surface area contributed by atoms with Gasteiger partial charge in [0.1, 0.15) is 17.8 Å². The van der Waals surface area contributed by atoms with E-state index < -0.39 is 0 Å². The smallest absolute Gasteiger partial charge is 0.515 e. The van der Waals surface area contributed by atoms with Crippen LogP contribution in [0.3, 0.4) is 0 Å². The van der Waals surface area contributed by atoms with Gasteiger partial charge in [-0.2, -0.15) is 17.8 Å². The predicted molar refractivity (Wildman–Crippen MR) is 176 cm³/mol. The monoisotopic (exact) mass is 790 g/mol. The molecule has 0 spiro atoms. The number of aliphatic imine (C=N–C) groups is 1. The molecule has 1 fully saturated rings. The molecule has 7 heteroatoms. The molecular weight excluding hydrogens is 758 g/mol. The van der Waals surface area contributed by atoms with Crippen molar-refractivity contribution < 1.29 is 30.5 Å². The number of allylic oxidation sites excluding steroid dienone is 3. The molecule has 4 aliphatic rings. The number of pyridine rings is 1. The van der Waals surface area contributed by atoms with E-state index in [-0.39, 0.29) is 38.6 Å². The second-order valence-corrected chi connectivity index (χ2v) is 14.0. The van der Waals surface area contributed by atoms with E-state index in [0.717, 1.165) is 39.6 Å². The van der Waals surface area contributed by atoms with E-state index in [1.54, 1.807) is 11.8 Å². The van der Waals surface area contributed by atoms with Gasteiger partial charge in [0.05, 0.1) is 11.7 Å². The normalized spacial score (nSPS) is 22.4. The molecule has 2 unspecified atom stereocenters. The Hall–Kier alpha value is -3.60. The van der Waals surface area contributed by atoms with Crippen molar-refractivity contribution >= 4 is 34.9 Å². The van der Waals surface area contributed by atoms with Gasteiger partial charge in [-0.15, -0.1) is 23.8 Å². The Kier molecular flexibility index (Phi) is 7.78. The fourth-order valence-corrected chi connectivity index (χ4v) is 7.62. The van der Waals surface area contributed by atoms with Crippen LogP contribution in [0.1, 0.15) is 43.9 Å². The van der Waals surface area contributed by atoms with Crippen molar-refractivity contribution in [1.29, 1.82) is 0 Å². The predicted octanol–water partition coefficient (Wildman–Crippen LogP) is 9.29. The van der Waals surface area contributed by atoms with Crippen LogP contribution in [0.5, 0.6) is 11.5 Å². The molecule has 45 heavy (non-hydrogen) atoms. The zero-order valence-corrected chi connectivity index (χ0v) is 28.6. The fraction of sp³-hybridized carbons (Fsp3) is 0.263. The van der Waals surface area contributed by atoms with Gasteiger partial charge >= 0.3 is 21.1 Å². The van der Waals surface area contributed by atoms with E-state index >= 15 is 0 Å². The van der Waals surface area contributed by atoms with Gasteiger partial charge in [0.15, 0.2) is 0 Å².